The number of para-hydroxylation sites is 1. The quantitative estimate of drug-likeness (QED) is 0.295. The third-order valence-corrected chi connectivity index (χ3v) is 4.88. The van der Waals surface area contributed by atoms with E-state index in [0.717, 1.165) is 23.1 Å². The first kappa shape index (κ1) is 30.5. The van der Waals surface area contributed by atoms with Gasteiger partial charge in [-0.25, -0.2) is 0 Å². The molecule has 1 radical (unpaired) electrons. The van der Waals surface area contributed by atoms with E-state index in [4.69, 9.17) is 14.7 Å². The van der Waals surface area contributed by atoms with E-state index in [1.807, 2.05) is 81.1 Å². The average molecular weight is 563 g/mol. The molecule has 3 rings (SSSR count). The smallest absolute Gasteiger partial charge is 0.264 e. The number of fused-ring (bicyclic) bond motifs is 1. The SMILES string of the molecule is CC.CC(C)(N)COCC(CN(c1ccccc1)c1ccc2nc[c-]nc2c1)OS(C)(=O)=O.[Y]. The Kier molecular flexibility index (Phi) is 12.7. The Hall–Kier alpha value is -1.49. The number of anilines is 2. The van der Waals surface area contributed by atoms with Crippen LogP contribution in [0.2, 0.25) is 0 Å². The predicted molar refractivity (Wildman–Crippen MR) is 132 cm³/mol. The maximum atomic E-state index is 11.9. The van der Waals surface area contributed by atoms with Crippen LogP contribution in [-0.2, 0) is 51.7 Å². The Morgan fingerprint density at radius 3 is 2.38 bits per heavy atom. The van der Waals surface area contributed by atoms with Crippen LogP contribution < -0.4 is 10.6 Å². The van der Waals surface area contributed by atoms with Crippen LogP contribution >= 0.6 is 0 Å². The van der Waals surface area contributed by atoms with Gasteiger partial charge in [-0.2, -0.15) is 8.42 Å². The second-order valence-corrected chi connectivity index (χ2v) is 9.65. The predicted octanol–water partition coefficient (Wildman–Crippen LogP) is 3.69. The maximum absolute atomic E-state index is 11.9. The van der Waals surface area contributed by atoms with Gasteiger partial charge in [0.25, 0.3) is 10.1 Å². The van der Waals surface area contributed by atoms with Gasteiger partial charge in [-0.1, -0.05) is 49.7 Å². The minimum atomic E-state index is -3.70. The van der Waals surface area contributed by atoms with E-state index < -0.39 is 21.8 Å². The number of nitrogens with two attached hydrogens (primary N) is 1. The van der Waals surface area contributed by atoms with Gasteiger partial charge in [0.05, 0.1) is 26.0 Å². The third kappa shape index (κ3) is 10.4. The molecular formula is C24H33N4O4SY-. The molecule has 0 aliphatic carbocycles. The number of ether oxygens (including phenoxy) is 1. The molecule has 0 spiro atoms. The summed E-state index contributed by atoms with van der Waals surface area (Å²) in [5.74, 6) is 0. The van der Waals surface area contributed by atoms with Gasteiger partial charge in [0, 0.05) is 55.1 Å². The van der Waals surface area contributed by atoms with Crippen LogP contribution in [0.5, 0.6) is 0 Å². The number of hydrogen-bond acceptors (Lipinski definition) is 8. The van der Waals surface area contributed by atoms with Crippen LogP contribution in [-0.4, -0.2) is 56.0 Å². The molecule has 1 unspecified atom stereocenters. The van der Waals surface area contributed by atoms with E-state index >= 15 is 0 Å². The second kappa shape index (κ2) is 14.2. The molecule has 0 amide bonds. The molecule has 8 nitrogen and oxygen atoms in total. The van der Waals surface area contributed by atoms with E-state index in [9.17, 15) is 8.42 Å². The van der Waals surface area contributed by atoms with Crippen molar-refractivity contribution in [2.45, 2.75) is 39.3 Å². The Morgan fingerprint density at radius 1 is 1.09 bits per heavy atom. The van der Waals surface area contributed by atoms with Crippen molar-refractivity contribution < 1.29 is 50.0 Å². The van der Waals surface area contributed by atoms with Crippen LogP contribution in [0.1, 0.15) is 27.7 Å². The minimum absolute atomic E-state index is 0. The van der Waals surface area contributed by atoms with Gasteiger partial charge in [0.15, 0.2) is 0 Å². The standard InChI is InChI=1S/C22H27N4O4S.C2H6.Y/c1-22(2,23)16-29-15-19(30-31(3,27)28)14-26(17-7-5-4-6-8-17)18-9-10-20-21(13-18)25-12-11-24-20;1-2;/h4-11,13,19H,14-16,23H2,1-3H3;1-2H3;/q-1;;. The summed E-state index contributed by atoms with van der Waals surface area (Å²) in [5, 5.41) is 0. The molecule has 0 bridgehead atoms. The Labute approximate surface area is 228 Å². The summed E-state index contributed by atoms with van der Waals surface area (Å²) >= 11 is 0. The van der Waals surface area contributed by atoms with E-state index in [1.165, 1.54) is 6.20 Å². The topological polar surface area (TPSA) is 108 Å². The molecule has 0 aliphatic heterocycles. The van der Waals surface area contributed by atoms with E-state index in [-0.39, 0.29) is 52.5 Å². The summed E-state index contributed by atoms with van der Waals surface area (Å²) in [6.07, 6.45) is 4.54. The van der Waals surface area contributed by atoms with Crippen LogP contribution in [0.3, 0.4) is 0 Å². The van der Waals surface area contributed by atoms with Gasteiger partial charge < -0.3 is 20.4 Å². The fourth-order valence-corrected chi connectivity index (χ4v) is 3.67. The molecule has 10 heteroatoms. The molecule has 1 atom stereocenters. The van der Waals surface area contributed by atoms with Crippen LogP contribution in [0, 0.1) is 6.20 Å². The molecule has 0 saturated carbocycles. The number of hydrogen-bond donors (Lipinski definition) is 1. The van der Waals surface area contributed by atoms with Crippen molar-refractivity contribution in [1.29, 1.82) is 0 Å². The fraction of sp³-hybridized carbons (Fsp3) is 0.417. The van der Waals surface area contributed by atoms with E-state index in [0.29, 0.717) is 5.52 Å². The van der Waals surface area contributed by atoms with Crippen LogP contribution in [0.4, 0.5) is 11.4 Å². The molecule has 2 aromatic carbocycles. The maximum Gasteiger partial charge on any atom is 0.264 e. The molecule has 0 fully saturated rings. The summed E-state index contributed by atoms with van der Waals surface area (Å²) in [7, 11) is -3.70. The van der Waals surface area contributed by atoms with Gasteiger partial charge in [-0.05, 0) is 38.2 Å². The average Bonchev–Trinajstić information content (AvgIpc) is 2.77. The van der Waals surface area contributed by atoms with Crippen molar-refractivity contribution in [3.63, 3.8) is 0 Å². The van der Waals surface area contributed by atoms with Crippen molar-refractivity contribution in [2.75, 3.05) is 30.9 Å². The zero-order valence-corrected chi connectivity index (χ0v) is 24.1. The Balaban J connectivity index is 0.00000188. The van der Waals surface area contributed by atoms with Crippen molar-refractivity contribution in [1.82, 2.24) is 9.97 Å². The largest absolute Gasteiger partial charge is 0.448 e. The molecule has 1 aromatic heterocycles. The number of aromatic nitrogens is 2. The molecule has 183 valence electrons. The van der Waals surface area contributed by atoms with Gasteiger partial charge in [-0.15, -0.1) is 6.20 Å². The second-order valence-electron chi connectivity index (χ2n) is 8.04. The normalized spacial score (nSPS) is 12.3. The molecule has 34 heavy (non-hydrogen) atoms. The Bertz CT molecular complexity index is 1110. The van der Waals surface area contributed by atoms with Crippen molar-refractivity contribution in [3.8, 4) is 0 Å². The number of rotatable bonds is 10. The number of benzene rings is 2. The van der Waals surface area contributed by atoms with Crippen LogP contribution in [0.25, 0.3) is 11.0 Å². The van der Waals surface area contributed by atoms with Crippen molar-refractivity contribution in [2.24, 2.45) is 5.73 Å². The summed E-state index contributed by atoms with van der Waals surface area (Å²) in [6.45, 7) is 8.24. The summed E-state index contributed by atoms with van der Waals surface area (Å²) in [4.78, 5) is 10.5. The number of nitrogens with zero attached hydrogens (tertiary/aromatic N) is 3. The summed E-state index contributed by atoms with van der Waals surface area (Å²) in [5.41, 5.74) is 8.55. The monoisotopic (exact) mass is 562 g/mol. The molecule has 2 N–H and O–H groups in total. The van der Waals surface area contributed by atoms with Crippen molar-refractivity contribution in [3.05, 3.63) is 60.9 Å². The first-order valence-corrected chi connectivity index (χ1v) is 12.6. The van der Waals surface area contributed by atoms with Crippen molar-refractivity contribution >= 4 is 32.5 Å². The minimum Gasteiger partial charge on any atom is -0.448 e. The molecule has 0 aliphatic rings. The molecule has 0 saturated heterocycles. The zero-order valence-electron chi connectivity index (χ0n) is 20.4. The molecular weight excluding hydrogens is 529 g/mol. The van der Waals surface area contributed by atoms with Crippen LogP contribution in [0.15, 0.2) is 54.7 Å². The first-order valence-electron chi connectivity index (χ1n) is 10.8. The Morgan fingerprint density at radius 2 is 1.76 bits per heavy atom. The zero-order chi connectivity index (χ0) is 24.5. The van der Waals surface area contributed by atoms with E-state index in [1.54, 1.807) is 0 Å². The summed E-state index contributed by atoms with van der Waals surface area (Å²) < 4.78 is 34.8. The van der Waals surface area contributed by atoms with E-state index in [2.05, 4.69) is 16.2 Å². The van der Waals surface area contributed by atoms with Gasteiger partial charge in [0.1, 0.15) is 6.10 Å². The van der Waals surface area contributed by atoms with Gasteiger partial charge in [-0.3, -0.25) is 9.17 Å². The summed E-state index contributed by atoms with van der Waals surface area (Å²) in [6, 6.07) is 15.3. The van der Waals surface area contributed by atoms with Gasteiger partial charge in [0.2, 0.25) is 0 Å². The molecule has 1 heterocycles. The first-order chi connectivity index (χ1) is 15.6. The van der Waals surface area contributed by atoms with Gasteiger partial charge >= 0.3 is 0 Å². The fourth-order valence-electron chi connectivity index (χ4n) is 3.06. The molecule has 3 aromatic rings. The third-order valence-electron chi connectivity index (χ3n) is 4.26.